The van der Waals surface area contributed by atoms with Gasteiger partial charge in [0.05, 0.1) is 17.3 Å². The number of amides is 2. The molecule has 1 saturated heterocycles. The second-order valence-electron chi connectivity index (χ2n) is 12.0. The zero-order valence-corrected chi connectivity index (χ0v) is 24.0. The second kappa shape index (κ2) is 10.5. The summed E-state index contributed by atoms with van der Waals surface area (Å²) in [5.41, 5.74) is -0.441. The van der Waals surface area contributed by atoms with Crippen molar-refractivity contribution in [1.29, 1.82) is 0 Å². The Morgan fingerprint density at radius 2 is 1.54 bits per heavy atom. The number of allylic oxidation sites excluding steroid dienone is 4. The van der Waals surface area contributed by atoms with Gasteiger partial charge in [-0.2, -0.15) is 5.06 Å². The fourth-order valence-electron chi connectivity index (χ4n) is 8.16. The van der Waals surface area contributed by atoms with E-state index in [2.05, 4.69) is 4.74 Å². The van der Waals surface area contributed by atoms with Crippen LogP contribution in [0.4, 0.5) is 13.2 Å². The molecule has 1 aliphatic heterocycles. The smallest absolute Gasteiger partial charge is 0.508 e. The van der Waals surface area contributed by atoms with Crippen molar-refractivity contribution >= 4 is 29.0 Å². The highest BCUT2D eigenvalue weighted by molar-refractivity contribution is 6.31. The number of rotatable bonds is 4. The van der Waals surface area contributed by atoms with Crippen LogP contribution in [-0.2, 0) is 24.6 Å². The molecule has 2 amide bonds. The molecule has 8 nitrogen and oxygen atoms in total. The van der Waals surface area contributed by atoms with E-state index in [-0.39, 0.29) is 29.0 Å². The highest BCUT2D eigenvalue weighted by Gasteiger charge is 2.66. The van der Waals surface area contributed by atoms with Crippen LogP contribution in [-0.4, -0.2) is 45.1 Å². The van der Waals surface area contributed by atoms with Crippen molar-refractivity contribution in [2.45, 2.75) is 30.5 Å². The quantitative estimate of drug-likeness (QED) is 0.222. The molecule has 7 rings (SSSR count). The Kier molecular flexibility index (Phi) is 6.78. The Hall–Kier alpha value is -5.03. The standard InChI is InChI=1S/C35H26F3NO7/c36-35(37,38)46-20-11-14-27(40)25(15-20)30-21-12-13-22-29(33(44)39(45)32(22)43)24(21)16-26-31(42)23(18-7-3-1-4-8-18)17-28(41)34(26,30)19-9-5-2-6-10-19/h1-12,14-15,17,22,24,26,29-30,40,45H,13,16H2. The molecule has 1 heterocycles. The van der Waals surface area contributed by atoms with Crippen LogP contribution < -0.4 is 4.74 Å². The van der Waals surface area contributed by atoms with Crippen LogP contribution in [0, 0.1) is 23.7 Å². The van der Waals surface area contributed by atoms with Crippen LogP contribution in [0.5, 0.6) is 11.5 Å². The minimum Gasteiger partial charge on any atom is -0.508 e. The summed E-state index contributed by atoms with van der Waals surface area (Å²) in [7, 11) is 0. The molecule has 0 bridgehead atoms. The Labute approximate surface area is 260 Å². The number of alkyl halides is 3. The van der Waals surface area contributed by atoms with Gasteiger partial charge in [-0.3, -0.25) is 24.4 Å². The predicted molar refractivity (Wildman–Crippen MR) is 155 cm³/mol. The molecule has 3 aliphatic carbocycles. The molecule has 3 aromatic rings. The van der Waals surface area contributed by atoms with Crippen molar-refractivity contribution in [1.82, 2.24) is 5.06 Å². The number of nitrogens with zero attached hydrogens (tertiary/aromatic N) is 1. The minimum atomic E-state index is -5.06. The first-order valence-electron chi connectivity index (χ1n) is 14.7. The van der Waals surface area contributed by atoms with Gasteiger partial charge in [0.1, 0.15) is 11.5 Å². The third kappa shape index (κ3) is 4.33. The molecule has 0 radical (unpaired) electrons. The number of phenols is 1. The first kappa shape index (κ1) is 29.7. The first-order chi connectivity index (χ1) is 21.9. The summed E-state index contributed by atoms with van der Waals surface area (Å²) in [6, 6.07) is 19.9. The highest BCUT2D eigenvalue weighted by atomic mass is 19.4. The lowest BCUT2D eigenvalue weighted by molar-refractivity contribution is -0.274. The molecule has 4 aliphatic rings. The maximum absolute atomic E-state index is 14.8. The molecular weight excluding hydrogens is 603 g/mol. The average Bonchev–Trinajstić information content (AvgIpc) is 3.26. The van der Waals surface area contributed by atoms with Crippen molar-refractivity contribution in [3.63, 3.8) is 0 Å². The van der Waals surface area contributed by atoms with E-state index in [0.717, 1.165) is 18.2 Å². The van der Waals surface area contributed by atoms with E-state index >= 15 is 0 Å². The molecule has 3 aromatic carbocycles. The van der Waals surface area contributed by atoms with Gasteiger partial charge in [0.15, 0.2) is 11.6 Å². The Morgan fingerprint density at radius 1 is 0.870 bits per heavy atom. The van der Waals surface area contributed by atoms with Crippen LogP contribution in [0.15, 0.2) is 96.6 Å². The number of carbonyl (C=O) groups excluding carboxylic acids is 4. The number of hydrogen-bond donors (Lipinski definition) is 2. The third-order valence-corrected chi connectivity index (χ3v) is 9.90. The number of hydroxylamine groups is 2. The molecular formula is C35H26F3NO7. The number of ether oxygens (including phenoxy) is 1. The number of fused-ring (bicyclic) bond motifs is 4. The van der Waals surface area contributed by atoms with Gasteiger partial charge in [0.2, 0.25) is 0 Å². The summed E-state index contributed by atoms with van der Waals surface area (Å²) >= 11 is 0. The van der Waals surface area contributed by atoms with E-state index in [9.17, 15) is 42.7 Å². The minimum absolute atomic E-state index is 0.00306. The van der Waals surface area contributed by atoms with Gasteiger partial charge in [-0.05, 0) is 54.2 Å². The van der Waals surface area contributed by atoms with E-state index in [1.54, 1.807) is 66.7 Å². The van der Waals surface area contributed by atoms with Crippen molar-refractivity contribution in [3.8, 4) is 11.5 Å². The molecule has 234 valence electrons. The summed E-state index contributed by atoms with van der Waals surface area (Å²) in [6.07, 6.45) is -2.22. The molecule has 0 aromatic heterocycles. The highest BCUT2D eigenvalue weighted by Crippen LogP contribution is 2.64. The topological polar surface area (TPSA) is 121 Å². The average molecular weight is 630 g/mol. The second-order valence-corrected chi connectivity index (χ2v) is 12.0. The molecule has 2 fully saturated rings. The molecule has 46 heavy (non-hydrogen) atoms. The number of benzene rings is 3. The Morgan fingerprint density at radius 3 is 2.22 bits per heavy atom. The lowest BCUT2D eigenvalue weighted by Crippen LogP contribution is -2.58. The van der Waals surface area contributed by atoms with E-state index in [1.165, 1.54) is 6.08 Å². The Balaban J connectivity index is 1.53. The molecule has 1 saturated carbocycles. The molecule has 2 N–H and O–H groups in total. The largest absolute Gasteiger partial charge is 0.573 e. The van der Waals surface area contributed by atoms with Crippen LogP contribution in [0.3, 0.4) is 0 Å². The number of aromatic hydroxyl groups is 1. The maximum atomic E-state index is 14.8. The van der Waals surface area contributed by atoms with Crippen LogP contribution >= 0.6 is 0 Å². The van der Waals surface area contributed by atoms with Crippen LogP contribution in [0.2, 0.25) is 0 Å². The predicted octanol–water partition coefficient (Wildman–Crippen LogP) is 5.50. The SMILES string of the molecule is O=C1C(c2ccccc2)=CC(=O)C2(c3ccccc3)C1CC1C(=CCC3C(=O)N(O)C(=O)C31)C2c1cc(OC(F)(F)F)ccc1O. The van der Waals surface area contributed by atoms with Crippen molar-refractivity contribution in [3.05, 3.63) is 113 Å². The van der Waals surface area contributed by atoms with Gasteiger partial charge in [-0.1, -0.05) is 72.3 Å². The number of phenolic OH excluding ortho intramolecular Hbond substituents is 1. The van der Waals surface area contributed by atoms with Crippen LogP contribution in [0.25, 0.3) is 5.57 Å². The van der Waals surface area contributed by atoms with Crippen molar-refractivity contribution in [2.75, 3.05) is 0 Å². The maximum Gasteiger partial charge on any atom is 0.573 e. The van der Waals surface area contributed by atoms with Gasteiger partial charge >= 0.3 is 6.36 Å². The van der Waals surface area contributed by atoms with E-state index in [4.69, 9.17) is 0 Å². The number of ketones is 2. The number of Topliss-reactive ketones (excluding diaryl/α,β-unsaturated/α-hetero) is 1. The van der Waals surface area contributed by atoms with Crippen molar-refractivity contribution in [2.24, 2.45) is 23.7 Å². The van der Waals surface area contributed by atoms with Gasteiger partial charge in [-0.15, -0.1) is 13.2 Å². The van der Waals surface area contributed by atoms with E-state index < -0.39 is 76.2 Å². The van der Waals surface area contributed by atoms with Crippen LogP contribution in [0.1, 0.15) is 35.4 Å². The first-order valence-corrected chi connectivity index (χ1v) is 14.7. The van der Waals surface area contributed by atoms with E-state index in [0.29, 0.717) is 16.7 Å². The summed E-state index contributed by atoms with van der Waals surface area (Å²) in [4.78, 5) is 55.7. The summed E-state index contributed by atoms with van der Waals surface area (Å²) in [5, 5.41) is 21.7. The fraction of sp³-hybridized carbons (Fsp3) is 0.257. The van der Waals surface area contributed by atoms with Gasteiger partial charge in [-0.25, -0.2) is 0 Å². The van der Waals surface area contributed by atoms with Gasteiger partial charge in [0.25, 0.3) is 11.8 Å². The normalized spacial score (nSPS) is 29.0. The summed E-state index contributed by atoms with van der Waals surface area (Å²) in [5.74, 6) is -8.99. The number of carbonyl (C=O) groups is 4. The number of imide groups is 1. The monoisotopic (exact) mass is 629 g/mol. The molecule has 0 spiro atoms. The number of hydrogen-bond acceptors (Lipinski definition) is 7. The number of halogens is 3. The Bertz CT molecular complexity index is 1850. The fourth-order valence-corrected chi connectivity index (χ4v) is 8.16. The van der Waals surface area contributed by atoms with Gasteiger partial charge in [0, 0.05) is 23.0 Å². The third-order valence-electron chi connectivity index (χ3n) is 9.90. The zero-order valence-electron chi connectivity index (χ0n) is 24.0. The molecule has 6 atom stereocenters. The molecule has 6 unspecified atom stereocenters. The summed E-state index contributed by atoms with van der Waals surface area (Å²) in [6.45, 7) is 0. The zero-order chi connectivity index (χ0) is 32.5. The summed E-state index contributed by atoms with van der Waals surface area (Å²) < 4.78 is 44.3. The van der Waals surface area contributed by atoms with Crippen molar-refractivity contribution < 1.29 is 47.4 Å². The lowest BCUT2D eigenvalue weighted by Gasteiger charge is -2.55. The lowest BCUT2D eigenvalue weighted by atomic mass is 9.44. The molecule has 11 heteroatoms. The van der Waals surface area contributed by atoms with Gasteiger partial charge < -0.3 is 9.84 Å². The van der Waals surface area contributed by atoms with E-state index in [1.807, 2.05) is 0 Å².